The summed E-state index contributed by atoms with van der Waals surface area (Å²) < 4.78 is 5.28. The van der Waals surface area contributed by atoms with Crippen LogP contribution in [0.25, 0.3) is 17.3 Å². The minimum Gasteiger partial charge on any atom is -0.507 e. The van der Waals surface area contributed by atoms with Crippen molar-refractivity contribution >= 4 is 17.8 Å². The van der Waals surface area contributed by atoms with E-state index in [0.29, 0.717) is 55.7 Å². The minimum atomic E-state index is -0.0465. The van der Waals surface area contributed by atoms with Gasteiger partial charge < -0.3 is 25.0 Å². The molecule has 4 heterocycles. The summed E-state index contributed by atoms with van der Waals surface area (Å²) in [6.07, 6.45) is 9.39. The lowest BCUT2D eigenvalue weighted by Gasteiger charge is -2.43. The predicted molar refractivity (Wildman–Crippen MR) is 132 cm³/mol. The van der Waals surface area contributed by atoms with Crippen LogP contribution in [0.4, 0.5) is 5.82 Å². The van der Waals surface area contributed by atoms with Crippen LogP contribution in [0.3, 0.4) is 0 Å². The molecule has 5 rings (SSSR count). The molecular formula is C26H33N5O3. The Kier molecular flexibility index (Phi) is 6.78. The average molecular weight is 464 g/mol. The lowest BCUT2D eigenvalue weighted by atomic mass is 9.83. The zero-order chi connectivity index (χ0) is 23.5. The Morgan fingerprint density at radius 3 is 2.59 bits per heavy atom. The summed E-state index contributed by atoms with van der Waals surface area (Å²) in [6, 6.07) is 10.9. The zero-order valence-corrected chi connectivity index (χ0v) is 19.7. The van der Waals surface area contributed by atoms with Gasteiger partial charge in [0, 0.05) is 49.9 Å². The highest BCUT2D eigenvalue weighted by atomic mass is 16.5. The van der Waals surface area contributed by atoms with Crippen molar-refractivity contribution in [1.29, 1.82) is 0 Å². The molecule has 0 radical (unpaired) electrons. The van der Waals surface area contributed by atoms with Gasteiger partial charge in [-0.2, -0.15) is 0 Å². The van der Waals surface area contributed by atoms with Crippen LogP contribution < -0.4 is 10.2 Å². The molecule has 3 aliphatic rings. The molecule has 3 atom stereocenters. The van der Waals surface area contributed by atoms with E-state index in [1.54, 1.807) is 23.1 Å². The first kappa shape index (κ1) is 22.8. The molecule has 1 aromatic heterocycles. The number of aromatic hydroxyl groups is 1. The van der Waals surface area contributed by atoms with E-state index in [4.69, 9.17) is 4.74 Å². The third-order valence-corrected chi connectivity index (χ3v) is 7.29. The third-order valence-electron chi connectivity index (χ3n) is 7.29. The van der Waals surface area contributed by atoms with Crippen molar-refractivity contribution in [2.75, 3.05) is 38.3 Å². The summed E-state index contributed by atoms with van der Waals surface area (Å²) in [5, 5.41) is 23.2. The van der Waals surface area contributed by atoms with E-state index in [9.17, 15) is 9.90 Å². The number of rotatable bonds is 5. The minimum absolute atomic E-state index is 0.0465. The molecule has 2 N–H and O–H groups in total. The monoisotopic (exact) mass is 463 g/mol. The second-order valence-corrected chi connectivity index (χ2v) is 9.55. The molecule has 1 aromatic carbocycles. The fraction of sp³-hybridized carbons (Fsp3) is 0.500. The van der Waals surface area contributed by atoms with Crippen LogP contribution in [0.15, 0.2) is 36.4 Å². The van der Waals surface area contributed by atoms with E-state index < -0.39 is 0 Å². The maximum atomic E-state index is 12.3. The molecule has 180 valence electrons. The van der Waals surface area contributed by atoms with Crippen LogP contribution in [0.2, 0.25) is 0 Å². The lowest BCUT2D eigenvalue weighted by Crippen LogP contribution is -2.54. The Hall–Kier alpha value is -2.97. The Balaban J connectivity index is 1.24. The second kappa shape index (κ2) is 10.1. The number of morpholine rings is 1. The van der Waals surface area contributed by atoms with Gasteiger partial charge in [0.1, 0.15) is 5.75 Å². The van der Waals surface area contributed by atoms with Gasteiger partial charge in [-0.3, -0.25) is 4.79 Å². The Morgan fingerprint density at radius 2 is 1.91 bits per heavy atom. The van der Waals surface area contributed by atoms with Crippen molar-refractivity contribution in [3.8, 4) is 17.0 Å². The van der Waals surface area contributed by atoms with Gasteiger partial charge in [-0.15, -0.1) is 10.2 Å². The van der Waals surface area contributed by atoms with Gasteiger partial charge in [0.25, 0.3) is 0 Å². The molecule has 2 aromatic rings. The maximum absolute atomic E-state index is 12.3. The van der Waals surface area contributed by atoms with Gasteiger partial charge in [-0.25, -0.2) is 0 Å². The van der Waals surface area contributed by atoms with Crippen molar-refractivity contribution < 1.29 is 14.6 Å². The van der Waals surface area contributed by atoms with Crippen molar-refractivity contribution in [3.63, 3.8) is 0 Å². The molecule has 3 fully saturated rings. The number of aromatic nitrogens is 2. The van der Waals surface area contributed by atoms with Crippen molar-refractivity contribution in [2.45, 2.75) is 50.2 Å². The Bertz CT molecular complexity index is 1020. The van der Waals surface area contributed by atoms with E-state index in [1.165, 1.54) is 19.3 Å². The lowest BCUT2D eigenvalue weighted by molar-refractivity contribution is -0.129. The number of hydrogen-bond donors (Lipinski definition) is 2. The summed E-state index contributed by atoms with van der Waals surface area (Å²) in [4.78, 5) is 16.3. The first-order valence-corrected chi connectivity index (χ1v) is 12.3. The molecule has 0 saturated carbocycles. The normalized spacial score (nSPS) is 24.9. The number of phenolic OH excluding ortho intramolecular Hbond substituents is 1. The van der Waals surface area contributed by atoms with Gasteiger partial charge in [0.05, 0.1) is 18.9 Å². The van der Waals surface area contributed by atoms with Gasteiger partial charge in [-0.05, 0) is 61.6 Å². The molecule has 8 nitrogen and oxygen atoms in total. The van der Waals surface area contributed by atoms with Gasteiger partial charge in [0.15, 0.2) is 5.82 Å². The highest BCUT2D eigenvalue weighted by molar-refractivity contribution is 5.92. The van der Waals surface area contributed by atoms with Crippen LogP contribution in [-0.2, 0) is 9.53 Å². The number of nitrogens with one attached hydrogen (secondary N) is 1. The number of phenols is 1. The highest BCUT2D eigenvalue weighted by Crippen LogP contribution is 2.32. The topological polar surface area (TPSA) is 90.8 Å². The first-order chi connectivity index (χ1) is 16.6. The highest BCUT2D eigenvalue weighted by Gasteiger charge is 2.33. The number of amides is 1. The summed E-state index contributed by atoms with van der Waals surface area (Å²) in [5.41, 5.74) is 2.00. The fourth-order valence-electron chi connectivity index (χ4n) is 5.32. The van der Waals surface area contributed by atoms with Gasteiger partial charge >= 0.3 is 0 Å². The summed E-state index contributed by atoms with van der Waals surface area (Å²) in [7, 11) is 2.10. The summed E-state index contributed by atoms with van der Waals surface area (Å²) >= 11 is 0. The Morgan fingerprint density at radius 1 is 1.15 bits per heavy atom. The third kappa shape index (κ3) is 5.08. The quantitative estimate of drug-likeness (QED) is 0.659. The van der Waals surface area contributed by atoms with Crippen LogP contribution in [0.1, 0.15) is 37.7 Å². The number of ether oxygens (including phenoxy) is 1. The molecule has 3 saturated heterocycles. The first-order valence-electron chi connectivity index (χ1n) is 12.3. The number of benzene rings is 1. The van der Waals surface area contributed by atoms with Crippen molar-refractivity contribution in [1.82, 2.24) is 20.4 Å². The van der Waals surface area contributed by atoms with E-state index in [2.05, 4.69) is 27.5 Å². The molecule has 0 spiro atoms. The van der Waals surface area contributed by atoms with Crippen LogP contribution in [0.5, 0.6) is 5.75 Å². The van der Waals surface area contributed by atoms with Crippen LogP contribution >= 0.6 is 0 Å². The number of anilines is 1. The number of hydrogen-bond acceptors (Lipinski definition) is 7. The second-order valence-electron chi connectivity index (χ2n) is 9.55. The summed E-state index contributed by atoms with van der Waals surface area (Å²) in [6.45, 7) is 2.36. The number of nitrogens with zero attached hydrogens (tertiary/aromatic N) is 4. The molecule has 1 amide bonds. The van der Waals surface area contributed by atoms with E-state index in [0.717, 1.165) is 24.2 Å². The van der Waals surface area contributed by atoms with Crippen LogP contribution in [-0.4, -0.2) is 77.6 Å². The van der Waals surface area contributed by atoms with Gasteiger partial charge in [0.2, 0.25) is 5.91 Å². The molecule has 1 unspecified atom stereocenters. The predicted octanol–water partition coefficient (Wildman–Crippen LogP) is 2.83. The van der Waals surface area contributed by atoms with E-state index in [1.807, 2.05) is 24.3 Å². The van der Waals surface area contributed by atoms with E-state index in [-0.39, 0.29) is 11.7 Å². The van der Waals surface area contributed by atoms with Crippen LogP contribution in [0, 0.1) is 0 Å². The number of fused-ring (bicyclic) bond motifs is 2. The van der Waals surface area contributed by atoms with Crippen molar-refractivity contribution in [3.05, 3.63) is 42.0 Å². The van der Waals surface area contributed by atoms with Crippen molar-refractivity contribution in [2.24, 2.45) is 0 Å². The zero-order valence-electron chi connectivity index (χ0n) is 19.7. The number of piperidine rings is 2. The maximum Gasteiger partial charge on any atom is 0.246 e. The standard InChI is InChI=1S/C26H33N5O3/c1-30(21-16-19-3-2-4-20(17-21)27-19)25-9-8-23(28-29-25)22-7-5-18(15-24(22)32)6-10-26(33)31-11-13-34-14-12-31/h5-10,15,19-21,27,32H,2-4,11-14,16-17H2,1H3/b10-6+/t19-,20+,21?. The smallest absolute Gasteiger partial charge is 0.246 e. The largest absolute Gasteiger partial charge is 0.507 e. The number of carbonyl (C=O) groups excluding carboxylic acids is 1. The fourth-order valence-corrected chi connectivity index (χ4v) is 5.32. The SMILES string of the molecule is CN(c1ccc(-c2ccc(/C=C/C(=O)N3CCOCC3)cc2O)nn1)C1C[C@H]2CCC[C@@H](C1)N2. The summed E-state index contributed by atoms with van der Waals surface area (Å²) in [5.74, 6) is 0.923. The molecule has 2 bridgehead atoms. The Labute approximate surface area is 200 Å². The van der Waals surface area contributed by atoms with Gasteiger partial charge in [-0.1, -0.05) is 12.5 Å². The average Bonchev–Trinajstić information content (AvgIpc) is 2.87. The molecule has 3 aliphatic heterocycles. The number of carbonyl (C=O) groups is 1. The molecule has 0 aliphatic carbocycles. The molecule has 34 heavy (non-hydrogen) atoms. The molecular weight excluding hydrogens is 430 g/mol. The molecule has 8 heteroatoms. The van der Waals surface area contributed by atoms with E-state index >= 15 is 0 Å².